The molecule has 2 rings (SSSR count). The molecule has 4 nitrogen and oxygen atoms in total. The molecule has 0 atom stereocenters. The minimum Gasteiger partial charge on any atom is -0.268 e. The number of aryl methyl sites for hydroxylation is 1. The molecule has 2 aromatic heterocycles. The van der Waals surface area contributed by atoms with Crippen molar-refractivity contribution < 1.29 is 0 Å². The Kier molecular flexibility index (Phi) is 3.10. The predicted molar refractivity (Wildman–Crippen MR) is 62.0 cm³/mol. The fourth-order valence-electron chi connectivity index (χ4n) is 1.50. The van der Waals surface area contributed by atoms with Gasteiger partial charge in [0.2, 0.25) is 0 Å². The smallest absolute Gasteiger partial charge is 0.266 e. The minimum absolute atomic E-state index is 0.0559. The maximum Gasteiger partial charge on any atom is 0.266 e. The molecule has 0 radical (unpaired) electrons. The third-order valence-electron chi connectivity index (χ3n) is 2.28. The van der Waals surface area contributed by atoms with Gasteiger partial charge in [0.05, 0.1) is 5.69 Å². The molecular formula is C12H13N3O. The third-order valence-corrected chi connectivity index (χ3v) is 2.28. The first-order valence-electron chi connectivity index (χ1n) is 5.30. The van der Waals surface area contributed by atoms with Gasteiger partial charge >= 0.3 is 0 Å². The van der Waals surface area contributed by atoms with Crippen LogP contribution in [0.25, 0.3) is 11.3 Å². The number of aromatic nitrogens is 3. The molecule has 0 aliphatic heterocycles. The molecule has 4 heteroatoms. The van der Waals surface area contributed by atoms with Crippen molar-refractivity contribution in [3.63, 3.8) is 0 Å². The molecule has 16 heavy (non-hydrogen) atoms. The van der Waals surface area contributed by atoms with Gasteiger partial charge in [-0.25, -0.2) is 4.68 Å². The molecule has 0 amide bonds. The monoisotopic (exact) mass is 215 g/mol. The van der Waals surface area contributed by atoms with Gasteiger partial charge in [0.1, 0.15) is 0 Å². The maximum absolute atomic E-state index is 11.5. The van der Waals surface area contributed by atoms with Crippen LogP contribution < -0.4 is 5.56 Å². The topological polar surface area (TPSA) is 47.8 Å². The summed E-state index contributed by atoms with van der Waals surface area (Å²) in [6, 6.07) is 7.05. The molecule has 0 N–H and O–H groups in total. The summed E-state index contributed by atoms with van der Waals surface area (Å²) in [6.07, 6.45) is 4.32. The average Bonchev–Trinajstić information content (AvgIpc) is 2.33. The molecule has 2 heterocycles. The van der Waals surface area contributed by atoms with Gasteiger partial charge in [-0.3, -0.25) is 9.78 Å². The molecular weight excluding hydrogens is 202 g/mol. The first-order valence-corrected chi connectivity index (χ1v) is 5.30. The quantitative estimate of drug-likeness (QED) is 0.783. The van der Waals surface area contributed by atoms with Crippen molar-refractivity contribution in [3.05, 3.63) is 47.0 Å². The van der Waals surface area contributed by atoms with Gasteiger partial charge in [-0.2, -0.15) is 5.10 Å². The standard InChI is InChI=1S/C12H13N3O/c1-2-9-15-12(16)4-3-11(14-15)10-5-7-13-8-6-10/h3-8H,2,9H2,1H3. The van der Waals surface area contributed by atoms with E-state index in [1.54, 1.807) is 24.5 Å². The van der Waals surface area contributed by atoms with Crippen molar-refractivity contribution in [2.24, 2.45) is 0 Å². The summed E-state index contributed by atoms with van der Waals surface area (Å²) in [5.74, 6) is 0. The van der Waals surface area contributed by atoms with Crippen LogP contribution in [0.15, 0.2) is 41.5 Å². The van der Waals surface area contributed by atoms with Crippen LogP contribution in [0.4, 0.5) is 0 Å². The van der Waals surface area contributed by atoms with Gasteiger partial charge in [-0.05, 0) is 24.6 Å². The van der Waals surface area contributed by atoms with Crippen molar-refractivity contribution in [2.45, 2.75) is 19.9 Å². The van der Waals surface area contributed by atoms with Crippen LogP contribution in [0.2, 0.25) is 0 Å². The SMILES string of the molecule is CCCn1nc(-c2ccncc2)ccc1=O. The van der Waals surface area contributed by atoms with E-state index in [1.165, 1.54) is 4.68 Å². The minimum atomic E-state index is -0.0559. The molecule has 0 aromatic carbocycles. The number of nitrogens with zero attached hydrogens (tertiary/aromatic N) is 3. The van der Waals surface area contributed by atoms with E-state index in [-0.39, 0.29) is 5.56 Å². The lowest BCUT2D eigenvalue weighted by Gasteiger charge is -2.05. The number of hydrogen-bond acceptors (Lipinski definition) is 3. The number of rotatable bonds is 3. The van der Waals surface area contributed by atoms with Gasteiger partial charge in [0.25, 0.3) is 5.56 Å². The molecule has 0 aliphatic rings. The number of hydrogen-bond donors (Lipinski definition) is 0. The van der Waals surface area contributed by atoms with Gasteiger partial charge in [0, 0.05) is 30.6 Å². The van der Waals surface area contributed by atoms with Crippen LogP contribution in [-0.2, 0) is 6.54 Å². The predicted octanol–water partition coefficient (Wildman–Crippen LogP) is 1.72. The molecule has 82 valence electrons. The largest absolute Gasteiger partial charge is 0.268 e. The van der Waals surface area contributed by atoms with E-state index in [9.17, 15) is 4.79 Å². The zero-order valence-electron chi connectivity index (χ0n) is 9.13. The zero-order valence-corrected chi connectivity index (χ0v) is 9.13. The summed E-state index contributed by atoms with van der Waals surface area (Å²) in [5.41, 5.74) is 1.72. The molecule has 0 unspecified atom stereocenters. The zero-order chi connectivity index (χ0) is 11.4. The molecule has 2 aromatic rings. The van der Waals surface area contributed by atoms with E-state index >= 15 is 0 Å². The second kappa shape index (κ2) is 4.70. The molecule has 0 saturated carbocycles. The highest BCUT2D eigenvalue weighted by Gasteiger charge is 2.01. The average molecular weight is 215 g/mol. The molecule has 0 fully saturated rings. The second-order valence-electron chi connectivity index (χ2n) is 3.52. The fourth-order valence-corrected chi connectivity index (χ4v) is 1.50. The van der Waals surface area contributed by atoms with Crippen LogP contribution in [0.1, 0.15) is 13.3 Å². The van der Waals surface area contributed by atoms with Crippen LogP contribution in [0, 0.1) is 0 Å². The Bertz CT molecular complexity index is 519. The Hall–Kier alpha value is -1.97. The lowest BCUT2D eigenvalue weighted by Crippen LogP contribution is -2.21. The van der Waals surface area contributed by atoms with Crippen molar-refractivity contribution in [3.8, 4) is 11.3 Å². The van der Waals surface area contributed by atoms with Gasteiger partial charge in [-0.15, -0.1) is 0 Å². The Morgan fingerprint density at radius 2 is 1.94 bits per heavy atom. The normalized spacial score (nSPS) is 10.3. The lowest BCUT2D eigenvalue weighted by molar-refractivity contribution is 0.570. The van der Waals surface area contributed by atoms with Crippen LogP contribution in [0.3, 0.4) is 0 Å². The van der Waals surface area contributed by atoms with E-state index in [1.807, 2.05) is 19.1 Å². The Labute approximate surface area is 93.6 Å². The summed E-state index contributed by atoms with van der Waals surface area (Å²) < 4.78 is 1.50. The van der Waals surface area contributed by atoms with Gasteiger partial charge in [0.15, 0.2) is 0 Å². The van der Waals surface area contributed by atoms with Crippen LogP contribution >= 0.6 is 0 Å². The molecule has 0 spiro atoms. The summed E-state index contributed by atoms with van der Waals surface area (Å²) >= 11 is 0. The van der Waals surface area contributed by atoms with E-state index in [2.05, 4.69) is 10.1 Å². The Morgan fingerprint density at radius 1 is 1.19 bits per heavy atom. The van der Waals surface area contributed by atoms with Crippen LogP contribution in [-0.4, -0.2) is 14.8 Å². The summed E-state index contributed by atoms with van der Waals surface area (Å²) in [6.45, 7) is 2.67. The first kappa shape index (κ1) is 10.5. The Morgan fingerprint density at radius 3 is 2.62 bits per heavy atom. The highest BCUT2D eigenvalue weighted by Crippen LogP contribution is 2.12. The molecule has 0 aliphatic carbocycles. The van der Waals surface area contributed by atoms with E-state index in [4.69, 9.17) is 0 Å². The van der Waals surface area contributed by atoms with Crippen molar-refractivity contribution >= 4 is 0 Å². The van der Waals surface area contributed by atoms with E-state index in [0.717, 1.165) is 17.7 Å². The highest BCUT2D eigenvalue weighted by molar-refractivity contribution is 5.56. The third kappa shape index (κ3) is 2.16. The summed E-state index contributed by atoms with van der Waals surface area (Å²) in [7, 11) is 0. The second-order valence-corrected chi connectivity index (χ2v) is 3.52. The lowest BCUT2D eigenvalue weighted by atomic mass is 10.2. The van der Waals surface area contributed by atoms with Gasteiger partial charge < -0.3 is 0 Å². The number of pyridine rings is 1. The van der Waals surface area contributed by atoms with Crippen molar-refractivity contribution in [2.75, 3.05) is 0 Å². The van der Waals surface area contributed by atoms with Crippen molar-refractivity contribution in [1.82, 2.24) is 14.8 Å². The summed E-state index contributed by atoms with van der Waals surface area (Å²) in [4.78, 5) is 15.4. The van der Waals surface area contributed by atoms with E-state index < -0.39 is 0 Å². The van der Waals surface area contributed by atoms with Gasteiger partial charge in [-0.1, -0.05) is 6.92 Å². The van der Waals surface area contributed by atoms with E-state index in [0.29, 0.717) is 6.54 Å². The molecule has 0 bridgehead atoms. The van der Waals surface area contributed by atoms with Crippen molar-refractivity contribution in [1.29, 1.82) is 0 Å². The summed E-state index contributed by atoms with van der Waals surface area (Å²) in [5, 5.41) is 4.31. The highest BCUT2D eigenvalue weighted by atomic mass is 16.1. The first-order chi connectivity index (χ1) is 7.81. The Balaban J connectivity index is 2.44. The molecule has 0 saturated heterocycles. The van der Waals surface area contributed by atoms with Crippen LogP contribution in [0.5, 0.6) is 0 Å². The fraction of sp³-hybridized carbons (Fsp3) is 0.250. The maximum atomic E-state index is 11.5.